The highest BCUT2D eigenvalue weighted by Crippen LogP contribution is 2.71. The molecule has 4 aliphatic carbocycles. The van der Waals surface area contributed by atoms with Gasteiger partial charge in [0.15, 0.2) is 11.4 Å². The first-order valence-corrected chi connectivity index (χ1v) is 14.8. The number of hydrogen-bond donors (Lipinski definition) is 1. The Bertz CT molecular complexity index is 850. The Hall–Kier alpha value is -0.650. The van der Waals surface area contributed by atoms with Gasteiger partial charge in [-0.3, -0.25) is 0 Å². The Morgan fingerprint density at radius 2 is 1.80 bits per heavy atom. The molecule has 6 aliphatic rings. The second-order valence-electron chi connectivity index (χ2n) is 14.1. The average Bonchev–Trinajstić information content (AvgIpc) is 3.27. The third-order valence-corrected chi connectivity index (χ3v) is 12.6. The molecule has 2 aliphatic heterocycles. The fourth-order valence-corrected chi connectivity index (χ4v) is 10.7. The molecule has 1 N–H and O–H groups in total. The summed E-state index contributed by atoms with van der Waals surface area (Å²) in [5, 5.41) is 11.2. The Morgan fingerprint density at radius 1 is 1.00 bits per heavy atom. The van der Waals surface area contributed by atoms with Crippen molar-refractivity contribution in [1.82, 2.24) is 0 Å². The minimum atomic E-state index is -1.28. The van der Waals surface area contributed by atoms with Crippen LogP contribution in [0.2, 0.25) is 0 Å². The predicted molar refractivity (Wildman–Crippen MR) is 133 cm³/mol. The number of fused-ring (bicyclic) bond motifs is 7. The molecular weight excluding hydrogens is 440 g/mol. The summed E-state index contributed by atoms with van der Waals surface area (Å²) < 4.78 is 18.7. The number of carbonyl (C=O) groups excluding carboxylic acids is 1. The van der Waals surface area contributed by atoms with Crippen molar-refractivity contribution in [2.75, 3.05) is 13.2 Å². The second kappa shape index (κ2) is 8.17. The van der Waals surface area contributed by atoms with Crippen LogP contribution in [0.4, 0.5) is 0 Å². The Labute approximate surface area is 212 Å². The molecule has 0 aromatic carbocycles. The van der Waals surface area contributed by atoms with Crippen LogP contribution in [-0.2, 0) is 19.0 Å². The first kappa shape index (κ1) is 24.7. The molecule has 12 atom stereocenters. The molecule has 0 aromatic rings. The van der Waals surface area contributed by atoms with E-state index in [1.165, 1.54) is 32.1 Å². The number of rotatable bonds is 2. The molecule has 6 fully saturated rings. The molecule has 0 unspecified atom stereocenters. The molecule has 198 valence electrons. The van der Waals surface area contributed by atoms with Crippen LogP contribution in [0.25, 0.3) is 0 Å². The number of hydrogen-bond acceptors (Lipinski definition) is 5. The van der Waals surface area contributed by atoms with Gasteiger partial charge in [-0.05, 0) is 111 Å². The smallest absolute Gasteiger partial charge is 0.338 e. The highest BCUT2D eigenvalue weighted by atomic mass is 16.7. The molecule has 4 saturated carbocycles. The van der Waals surface area contributed by atoms with E-state index in [9.17, 15) is 9.90 Å². The molecule has 1 spiro atoms. The molecule has 5 heteroatoms. The quantitative estimate of drug-likeness (QED) is 0.503. The van der Waals surface area contributed by atoms with Gasteiger partial charge in [0.25, 0.3) is 0 Å². The summed E-state index contributed by atoms with van der Waals surface area (Å²) in [5.41, 5.74) is -0.725. The molecule has 0 amide bonds. The minimum absolute atomic E-state index is 0.219. The summed E-state index contributed by atoms with van der Waals surface area (Å²) in [7, 11) is 0. The largest absolute Gasteiger partial charge is 0.464 e. The lowest BCUT2D eigenvalue weighted by Crippen LogP contribution is -2.58. The number of aliphatic hydroxyl groups is 1. The van der Waals surface area contributed by atoms with Gasteiger partial charge < -0.3 is 19.3 Å². The third-order valence-electron chi connectivity index (χ3n) is 12.6. The SMILES string of the molecule is CCOC(=O)[C@@]1(O)CC[C@@]2(C)[C@H](CC[C@@H]3[C@@H]2CC[C@]2(C)[C@@H]4[C@H](C[C@@H]32)O[C@]2(CC[C@@H](C)CO2)[C@H]4C)C1. The van der Waals surface area contributed by atoms with Crippen LogP contribution in [0.15, 0.2) is 0 Å². The van der Waals surface area contributed by atoms with E-state index in [4.69, 9.17) is 14.2 Å². The first-order valence-electron chi connectivity index (χ1n) is 14.8. The van der Waals surface area contributed by atoms with Crippen molar-refractivity contribution < 1.29 is 24.1 Å². The van der Waals surface area contributed by atoms with Crippen molar-refractivity contribution >= 4 is 5.97 Å². The van der Waals surface area contributed by atoms with Crippen molar-refractivity contribution in [1.29, 1.82) is 0 Å². The summed E-state index contributed by atoms with van der Waals surface area (Å²) in [6.45, 7) is 12.8. The standard InChI is InChI=1S/C30H48O5/c1-6-33-26(31)29(32)14-13-27(4)20(16-29)7-8-21-22(27)10-11-28(5)23(21)15-24-25(28)19(3)30(35-24)12-9-18(2)17-34-30/h18-25,32H,6-17H2,1-5H3/t18-,19+,20-,21-,22+,23+,24+,25+,27+,28+,29-,30-/m1/s1. The lowest BCUT2D eigenvalue weighted by molar-refractivity contribution is -0.273. The molecule has 0 radical (unpaired) electrons. The molecular formula is C30H48O5. The van der Waals surface area contributed by atoms with E-state index in [2.05, 4.69) is 27.7 Å². The van der Waals surface area contributed by atoms with E-state index >= 15 is 0 Å². The van der Waals surface area contributed by atoms with Crippen LogP contribution in [-0.4, -0.2) is 41.8 Å². The van der Waals surface area contributed by atoms with Gasteiger partial charge in [-0.1, -0.05) is 27.7 Å². The lowest BCUT2D eigenvalue weighted by Gasteiger charge is -2.62. The van der Waals surface area contributed by atoms with Crippen LogP contribution >= 0.6 is 0 Å². The molecule has 0 bridgehead atoms. The molecule has 0 aromatic heterocycles. The van der Waals surface area contributed by atoms with Crippen molar-refractivity contribution in [3.05, 3.63) is 0 Å². The van der Waals surface area contributed by atoms with Crippen LogP contribution in [0.1, 0.15) is 98.8 Å². The van der Waals surface area contributed by atoms with Crippen molar-refractivity contribution in [2.24, 2.45) is 52.3 Å². The monoisotopic (exact) mass is 488 g/mol. The summed E-state index contributed by atoms with van der Waals surface area (Å²) in [4.78, 5) is 12.6. The molecule has 5 nitrogen and oxygen atoms in total. The summed E-state index contributed by atoms with van der Waals surface area (Å²) >= 11 is 0. The molecule has 2 heterocycles. The van der Waals surface area contributed by atoms with Gasteiger partial charge >= 0.3 is 5.97 Å². The van der Waals surface area contributed by atoms with Gasteiger partial charge in [0, 0.05) is 12.3 Å². The van der Waals surface area contributed by atoms with Gasteiger partial charge in [-0.2, -0.15) is 0 Å². The van der Waals surface area contributed by atoms with Crippen LogP contribution in [0, 0.1) is 52.3 Å². The fraction of sp³-hybridized carbons (Fsp3) is 0.967. The average molecular weight is 489 g/mol. The number of carbonyl (C=O) groups is 1. The van der Waals surface area contributed by atoms with E-state index in [-0.39, 0.29) is 11.2 Å². The topological polar surface area (TPSA) is 65.0 Å². The van der Waals surface area contributed by atoms with Crippen molar-refractivity contribution in [2.45, 2.75) is 116 Å². The summed E-state index contributed by atoms with van der Waals surface area (Å²) in [6, 6.07) is 0. The predicted octanol–water partition coefficient (Wildman–Crippen LogP) is 5.73. The van der Waals surface area contributed by atoms with Crippen LogP contribution in [0.5, 0.6) is 0 Å². The van der Waals surface area contributed by atoms with Gasteiger partial charge in [-0.15, -0.1) is 0 Å². The van der Waals surface area contributed by atoms with E-state index in [0.29, 0.717) is 60.6 Å². The Balaban J connectivity index is 1.21. The van der Waals surface area contributed by atoms with Gasteiger partial charge in [0.1, 0.15) is 0 Å². The normalized spacial score (nSPS) is 57.2. The van der Waals surface area contributed by atoms with Gasteiger partial charge in [0.2, 0.25) is 0 Å². The maximum Gasteiger partial charge on any atom is 0.338 e. The van der Waals surface area contributed by atoms with E-state index in [1.54, 1.807) is 0 Å². The zero-order valence-corrected chi connectivity index (χ0v) is 22.7. The number of esters is 1. The molecule has 6 rings (SSSR count). The maximum absolute atomic E-state index is 12.6. The molecule has 35 heavy (non-hydrogen) atoms. The van der Waals surface area contributed by atoms with E-state index in [1.807, 2.05) is 6.92 Å². The van der Waals surface area contributed by atoms with Crippen LogP contribution < -0.4 is 0 Å². The fourth-order valence-electron chi connectivity index (χ4n) is 10.7. The highest BCUT2D eigenvalue weighted by Gasteiger charge is 2.69. The maximum atomic E-state index is 12.6. The number of ether oxygens (including phenoxy) is 3. The van der Waals surface area contributed by atoms with Crippen LogP contribution in [0.3, 0.4) is 0 Å². The lowest BCUT2D eigenvalue weighted by atomic mass is 9.43. The molecule has 2 saturated heterocycles. The summed E-state index contributed by atoms with van der Waals surface area (Å²) in [5.74, 6) is 3.55. The van der Waals surface area contributed by atoms with E-state index in [0.717, 1.165) is 37.7 Å². The summed E-state index contributed by atoms with van der Waals surface area (Å²) in [6.07, 6.45) is 10.8. The second-order valence-corrected chi connectivity index (χ2v) is 14.1. The highest BCUT2D eigenvalue weighted by molar-refractivity contribution is 5.79. The Morgan fingerprint density at radius 3 is 2.51 bits per heavy atom. The minimum Gasteiger partial charge on any atom is -0.464 e. The van der Waals surface area contributed by atoms with Gasteiger partial charge in [0.05, 0.1) is 19.3 Å². The van der Waals surface area contributed by atoms with Crippen molar-refractivity contribution in [3.8, 4) is 0 Å². The van der Waals surface area contributed by atoms with E-state index < -0.39 is 11.6 Å². The van der Waals surface area contributed by atoms with Crippen molar-refractivity contribution in [3.63, 3.8) is 0 Å². The zero-order chi connectivity index (χ0) is 24.8. The van der Waals surface area contributed by atoms with Gasteiger partial charge in [-0.25, -0.2) is 4.79 Å². The zero-order valence-electron chi connectivity index (χ0n) is 22.7. The first-order chi connectivity index (χ1) is 16.6. The Kier molecular flexibility index (Phi) is 5.76. The third kappa shape index (κ3) is 3.39.